The summed E-state index contributed by atoms with van der Waals surface area (Å²) in [6.45, 7) is 5.53. The van der Waals surface area contributed by atoms with Gasteiger partial charge in [-0.05, 0) is 33.0 Å². The van der Waals surface area contributed by atoms with Crippen LogP contribution in [0.15, 0.2) is 24.3 Å². The highest BCUT2D eigenvalue weighted by atomic mass is 15.3. The van der Waals surface area contributed by atoms with Gasteiger partial charge in [-0.2, -0.15) is 0 Å². The lowest BCUT2D eigenvalue weighted by Gasteiger charge is -2.38. The Morgan fingerprint density at radius 2 is 1.89 bits per heavy atom. The molecule has 0 radical (unpaired) electrons. The number of hydrogen-bond donors (Lipinski definition) is 1. The molecule has 3 nitrogen and oxygen atoms in total. The molecule has 1 saturated heterocycles. The second-order valence-electron chi connectivity index (χ2n) is 5.65. The molecule has 1 aliphatic rings. The average molecular weight is 247 g/mol. The molecule has 2 rings (SSSR count). The Labute approximate surface area is 111 Å². The van der Waals surface area contributed by atoms with E-state index in [1.165, 1.54) is 11.1 Å². The summed E-state index contributed by atoms with van der Waals surface area (Å²) in [4.78, 5) is 4.83. The number of piperazine rings is 1. The highest BCUT2D eigenvalue weighted by Crippen LogP contribution is 2.20. The molecule has 1 aromatic carbocycles. The summed E-state index contributed by atoms with van der Waals surface area (Å²) in [5, 5.41) is 0. The zero-order valence-corrected chi connectivity index (χ0v) is 11.8. The molecule has 0 saturated carbocycles. The molecular weight excluding hydrogens is 222 g/mol. The Morgan fingerprint density at radius 1 is 1.22 bits per heavy atom. The molecule has 18 heavy (non-hydrogen) atoms. The average Bonchev–Trinajstić information content (AvgIpc) is 2.34. The lowest BCUT2D eigenvalue weighted by molar-refractivity contribution is 0.104. The summed E-state index contributed by atoms with van der Waals surface area (Å²) in [6.07, 6.45) is 1.03. The third-order valence-electron chi connectivity index (χ3n) is 4.01. The van der Waals surface area contributed by atoms with Crippen LogP contribution in [0.1, 0.15) is 23.6 Å². The SMILES string of the molecule is Cc1ccc(C(N)CC2CN(C)CCN2C)cc1. The number of likely N-dealkylation sites (N-methyl/N-ethyl adjacent to an activating group) is 2. The first-order valence-corrected chi connectivity index (χ1v) is 6.77. The van der Waals surface area contributed by atoms with Gasteiger partial charge in [0.05, 0.1) is 0 Å². The van der Waals surface area contributed by atoms with E-state index in [9.17, 15) is 0 Å². The Balaban J connectivity index is 1.97. The van der Waals surface area contributed by atoms with Crippen LogP contribution in [0.3, 0.4) is 0 Å². The van der Waals surface area contributed by atoms with E-state index in [4.69, 9.17) is 5.73 Å². The monoisotopic (exact) mass is 247 g/mol. The van der Waals surface area contributed by atoms with Crippen molar-refractivity contribution in [1.82, 2.24) is 9.80 Å². The van der Waals surface area contributed by atoms with Gasteiger partial charge in [0.2, 0.25) is 0 Å². The Morgan fingerprint density at radius 3 is 2.56 bits per heavy atom. The molecule has 2 unspecified atom stereocenters. The number of nitrogens with two attached hydrogens (primary N) is 1. The van der Waals surface area contributed by atoms with Crippen molar-refractivity contribution in [3.63, 3.8) is 0 Å². The largest absolute Gasteiger partial charge is 0.324 e. The zero-order chi connectivity index (χ0) is 13.1. The van der Waals surface area contributed by atoms with Gasteiger partial charge in [0.1, 0.15) is 0 Å². The van der Waals surface area contributed by atoms with E-state index < -0.39 is 0 Å². The van der Waals surface area contributed by atoms with Gasteiger partial charge in [-0.3, -0.25) is 0 Å². The summed E-state index contributed by atoms with van der Waals surface area (Å²) in [5.74, 6) is 0. The van der Waals surface area contributed by atoms with Crippen LogP contribution in [0.25, 0.3) is 0 Å². The molecule has 2 N–H and O–H groups in total. The molecule has 2 atom stereocenters. The topological polar surface area (TPSA) is 32.5 Å². The third-order valence-corrected chi connectivity index (χ3v) is 4.01. The van der Waals surface area contributed by atoms with Crippen molar-refractivity contribution in [2.75, 3.05) is 33.7 Å². The van der Waals surface area contributed by atoms with E-state index in [1.807, 2.05) is 0 Å². The Bertz CT molecular complexity index is 374. The second-order valence-corrected chi connectivity index (χ2v) is 5.65. The van der Waals surface area contributed by atoms with Gasteiger partial charge in [0.15, 0.2) is 0 Å². The summed E-state index contributed by atoms with van der Waals surface area (Å²) >= 11 is 0. The molecular formula is C15H25N3. The maximum Gasteiger partial charge on any atom is 0.0310 e. The van der Waals surface area contributed by atoms with Crippen molar-refractivity contribution in [3.05, 3.63) is 35.4 Å². The molecule has 0 bridgehead atoms. The summed E-state index contributed by atoms with van der Waals surface area (Å²) in [6, 6.07) is 9.32. The summed E-state index contributed by atoms with van der Waals surface area (Å²) in [7, 11) is 4.40. The van der Waals surface area contributed by atoms with Crippen molar-refractivity contribution in [3.8, 4) is 0 Å². The highest BCUT2D eigenvalue weighted by molar-refractivity contribution is 5.24. The Kier molecular flexibility index (Phi) is 4.38. The molecule has 0 spiro atoms. The van der Waals surface area contributed by atoms with Gasteiger partial charge in [-0.15, -0.1) is 0 Å². The third kappa shape index (κ3) is 3.31. The second kappa shape index (κ2) is 5.83. The molecule has 100 valence electrons. The molecule has 1 aliphatic heterocycles. The number of aryl methyl sites for hydroxylation is 1. The van der Waals surface area contributed by atoms with Crippen molar-refractivity contribution in [2.45, 2.75) is 25.4 Å². The zero-order valence-electron chi connectivity index (χ0n) is 11.8. The quantitative estimate of drug-likeness (QED) is 0.881. The van der Waals surface area contributed by atoms with Crippen molar-refractivity contribution < 1.29 is 0 Å². The van der Waals surface area contributed by atoms with Gasteiger partial charge in [0, 0.05) is 31.7 Å². The number of hydrogen-bond acceptors (Lipinski definition) is 3. The van der Waals surface area contributed by atoms with Crippen LogP contribution in [-0.2, 0) is 0 Å². The molecule has 0 aliphatic carbocycles. The fourth-order valence-corrected chi connectivity index (χ4v) is 2.60. The van der Waals surface area contributed by atoms with Crippen molar-refractivity contribution >= 4 is 0 Å². The van der Waals surface area contributed by atoms with E-state index in [0.29, 0.717) is 6.04 Å². The minimum Gasteiger partial charge on any atom is -0.324 e. The number of benzene rings is 1. The van der Waals surface area contributed by atoms with Crippen LogP contribution in [0, 0.1) is 6.92 Å². The van der Waals surface area contributed by atoms with Crippen LogP contribution in [-0.4, -0.2) is 49.6 Å². The minimum atomic E-state index is 0.143. The lowest BCUT2D eigenvalue weighted by Crippen LogP contribution is -2.50. The molecule has 1 heterocycles. The van der Waals surface area contributed by atoms with Crippen LogP contribution in [0.2, 0.25) is 0 Å². The fourth-order valence-electron chi connectivity index (χ4n) is 2.60. The molecule has 3 heteroatoms. The van der Waals surface area contributed by atoms with Crippen molar-refractivity contribution in [2.24, 2.45) is 5.73 Å². The summed E-state index contributed by atoms with van der Waals surface area (Å²) in [5.41, 5.74) is 8.88. The minimum absolute atomic E-state index is 0.143. The van der Waals surface area contributed by atoms with Crippen LogP contribution in [0.4, 0.5) is 0 Å². The predicted molar refractivity (Wildman–Crippen MR) is 76.6 cm³/mol. The first-order chi connectivity index (χ1) is 8.56. The van der Waals surface area contributed by atoms with Crippen LogP contribution in [0.5, 0.6) is 0 Å². The molecule has 1 aromatic rings. The lowest BCUT2D eigenvalue weighted by atomic mass is 9.97. The first kappa shape index (κ1) is 13.5. The van der Waals surface area contributed by atoms with Crippen LogP contribution >= 0.6 is 0 Å². The van der Waals surface area contributed by atoms with Gasteiger partial charge < -0.3 is 15.5 Å². The molecule has 0 amide bonds. The van der Waals surface area contributed by atoms with Crippen molar-refractivity contribution in [1.29, 1.82) is 0 Å². The van der Waals surface area contributed by atoms with Gasteiger partial charge in [0.25, 0.3) is 0 Å². The van der Waals surface area contributed by atoms with E-state index in [-0.39, 0.29) is 6.04 Å². The smallest absolute Gasteiger partial charge is 0.0310 e. The normalized spacial score (nSPS) is 24.1. The number of nitrogens with zero attached hydrogens (tertiary/aromatic N) is 2. The maximum atomic E-state index is 6.34. The van der Waals surface area contributed by atoms with E-state index in [1.54, 1.807) is 0 Å². The molecule has 0 aromatic heterocycles. The maximum absolute atomic E-state index is 6.34. The van der Waals surface area contributed by atoms with Crippen LogP contribution < -0.4 is 5.73 Å². The first-order valence-electron chi connectivity index (χ1n) is 6.77. The standard InChI is InChI=1S/C15H25N3/c1-12-4-6-13(7-5-12)15(16)10-14-11-17(2)8-9-18(14)3/h4-7,14-15H,8-11,16H2,1-3H3. The van der Waals surface area contributed by atoms with Gasteiger partial charge >= 0.3 is 0 Å². The highest BCUT2D eigenvalue weighted by Gasteiger charge is 2.24. The van der Waals surface area contributed by atoms with E-state index >= 15 is 0 Å². The predicted octanol–water partition coefficient (Wildman–Crippen LogP) is 1.63. The van der Waals surface area contributed by atoms with Gasteiger partial charge in [-0.1, -0.05) is 29.8 Å². The van der Waals surface area contributed by atoms with Gasteiger partial charge in [-0.25, -0.2) is 0 Å². The Hall–Kier alpha value is -0.900. The number of rotatable bonds is 3. The summed E-state index contributed by atoms with van der Waals surface area (Å²) < 4.78 is 0. The van der Waals surface area contributed by atoms with E-state index in [0.717, 1.165) is 26.1 Å². The van der Waals surface area contributed by atoms with E-state index in [2.05, 4.69) is 55.1 Å². The molecule has 1 fully saturated rings. The fraction of sp³-hybridized carbons (Fsp3) is 0.600.